The maximum Gasteiger partial charge on any atom is 0.271 e. The smallest absolute Gasteiger partial charge is 0.271 e. The highest BCUT2D eigenvalue weighted by Crippen LogP contribution is 2.39. The van der Waals surface area contributed by atoms with Crippen LogP contribution in [0.3, 0.4) is 0 Å². The number of benzene rings is 3. The maximum atomic E-state index is 13.1. The number of hydrogen-bond acceptors (Lipinski definition) is 6. The van der Waals surface area contributed by atoms with Crippen LogP contribution in [0.1, 0.15) is 12.5 Å². The first kappa shape index (κ1) is 20.1. The third-order valence-corrected chi connectivity index (χ3v) is 5.90. The predicted molar refractivity (Wildman–Crippen MR) is 124 cm³/mol. The first-order chi connectivity index (χ1) is 14.5. The summed E-state index contributed by atoms with van der Waals surface area (Å²) in [4.78, 5) is 25.5. The second-order valence-electron chi connectivity index (χ2n) is 6.43. The van der Waals surface area contributed by atoms with Crippen molar-refractivity contribution in [3.63, 3.8) is 0 Å². The highest BCUT2D eigenvalue weighted by molar-refractivity contribution is 8.27. The van der Waals surface area contributed by atoms with Crippen LogP contribution in [0.15, 0.2) is 65.6 Å². The van der Waals surface area contributed by atoms with Gasteiger partial charge in [0.25, 0.3) is 11.6 Å². The van der Waals surface area contributed by atoms with E-state index in [4.69, 9.17) is 17.0 Å². The van der Waals surface area contributed by atoms with Crippen LogP contribution in [0.4, 0.5) is 11.4 Å². The number of amides is 1. The quantitative estimate of drug-likeness (QED) is 0.226. The number of hydrogen-bond donors (Lipinski definition) is 0. The van der Waals surface area contributed by atoms with E-state index < -0.39 is 4.92 Å². The molecule has 4 rings (SSSR count). The van der Waals surface area contributed by atoms with Gasteiger partial charge in [-0.15, -0.1) is 0 Å². The average molecular weight is 437 g/mol. The first-order valence-corrected chi connectivity index (χ1v) is 10.4. The van der Waals surface area contributed by atoms with Crippen molar-refractivity contribution in [1.29, 1.82) is 0 Å². The Morgan fingerprint density at radius 3 is 2.73 bits per heavy atom. The Morgan fingerprint density at radius 2 is 1.97 bits per heavy atom. The third kappa shape index (κ3) is 3.67. The minimum Gasteiger partial charge on any atom is -0.493 e. The molecule has 1 aliphatic rings. The third-order valence-electron chi connectivity index (χ3n) is 4.60. The highest BCUT2D eigenvalue weighted by Gasteiger charge is 2.34. The molecule has 1 amide bonds. The molecular formula is C22H16N2O4S2. The Hall–Kier alpha value is -3.23. The summed E-state index contributed by atoms with van der Waals surface area (Å²) in [5, 5.41) is 13.1. The van der Waals surface area contributed by atoms with E-state index in [0.717, 1.165) is 28.1 Å². The zero-order valence-corrected chi connectivity index (χ0v) is 17.5. The summed E-state index contributed by atoms with van der Waals surface area (Å²) in [5.41, 5.74) is 1.07. The summed E-state index contributed by atoms with van der Waals surface area (Å²) < 4.78 is 6.11. The molecule has 0 saturated carbocycles. The van der Waals surface area contributed by atoms with Gasteiger partial charge in [-0.2, -0.15) is 0 Å². The van der Waals surface area contributed by atoms with Crippen LogP contribution in [0.25, 0.3) is 16.8 Å². The van der Waals surface area contributed by atoms with Gasteiger partial charge in [0.1, 0.15) is 5.75 Å². The van der Waals surface area contributed by atoms with Crippen LogP contribution in [-0.2, 0) is 4.79 Å². The molecule has 1 aliphatic heterocycles. The molecule has 3 aromatic rings. The van der Waals surface area contributed by atoms with Gasteiger partial charge in [0.2, 0.25) is 0 Å². The summed E-state index contributed by atoms with van der Waals surface area (Å²) in [6.45, 7) is 2.40. The fourth-order valence-corrected chi connectivity index (χ4v) is 4.55. The summed E-state index contributed by atoms with van der Waals surface area (Å²) in [6, 6.07) is 17.6. The number of carbonyl (C=O) groups excluding carboxylic acids is 1. The van der Waals surface area contributed by atoms with Gasteiger partial charge in [0.15, 0.2) is 4.32 Å². The number of rotatable bonds is 5. The number of nitro groups is 1. The van der Waals surface area contributed by atoms with Crippen molar-refractivity contribution in [3.05, 3.63) is 81.2 Å². The van der Waals surface area contributed by atoms with E-state index in [1.807, 2.05) is 43.3 Å². The van der Waals surface area contributed by atoms with Crippen molar-refractivity contribution in [2.75, 3.05) is 11.5 Å². The SMILES string of the molecule is CCOc1ccc2ccccc2c1/C=C1\SC(=S)N(c2cccc([N+](=O)[O-])c2)C1=O. The van der Waals surface area contributed by atoms with E-state index in [0.29, 0.717) is 27.3 Å². The summed E-state index contributed by atoms with van der Waals surface area (Å²) in [5.74, 6) is 0.359. The zero-order chi connectivity index (χ0) is 21.3. The molecule has 0 unspecified atom stereocenters. The molecule has 0 atom stereocenters. The molecule has 0 bridgehead atoms. The Morgan fingerprint density at radius 1 is 1.17 bits per heavy atom. The van der Waals surface area contributed by atoms with E-state index in [-0.39, 0.29) is 11.6 Å². The molecule has 0 aliphatic carbocycles. The predicted octanol–water partition coefficient (Wildman–Crippen LogP) is 5.55. The Kier molecular flexibility index (Phi) is 5.52. The van der Waals surface area contributed by atoms with Gasteiger partial charge >= 0.3 is 0 Å². The Bertz CT molecular complexity index is 1220. The normalized spacial score (nSPS) is 15.2. The fraction of sp³-hybridized carbons (Fsp3) is 0.0909. The maximum absolute atomic E-state index is 13.1. The second kappa shape index (κ2) is 8.25. The van der Waals surface area contributed by atoms with Crippen LogP contribution in [0.5, 0.6) is 5.75 Å². The monoisotopic (exact) mass is 436 g/mol. The topological polar surface area (TPSA) is 72.7 Å². The number of fused-ring (bicyclic) bond motifs is 1. The summed E-state index contributed by atoms with van der Waals surface area (Å²) in [6.07, 6.45) is 1.78. The molecule has 1 fully saturated rings. The minimum atomic E-state index is -0.499. The number of nitro benzene ring substituents is 1. The number of non-ortho nitro benzene ring substituents is 1. The molecule has 8 heteroatoms. The standard InChI is InChI=1S/C22H16N2O4S2/c1-2-28-19-11-10-14-6-3-4-9-17(14)18(19)13-20-21(25)23(22(29)30-20)15-7-5-8-16(12-15)24(26)27/h3-13H,2H2,1H3/b20-13-. The van der Waals surface area contributed by atoms with Crippen molar-refractivity contribution in [2.45, 2.75) is 6.92 Å². The van der Waals surface area contributed by atoms with Crippen LogP contribution < -0.4 is 9.64 Å². The number of nitrogens with zero attached hydrogens (tertiary/aromatic N) is 2. The lowest BCUT2D eigenvalue weighted by atomic mass is 10.0. The van der Waals surface area contributed by atoms with Gasteiger partial charge in [0.05, 0.1) is 22.1 Å². The van der Waals surface area contributed by atoms with E-state index in [1.165, 1.54) is 23.1 Å². The van der Waals surface area contributed by atoms with E-state index in [1.54, 1.807) is 12.1 Å². The molecule has 150 valence electrons. The van der Waals surface area contributed by atoms with Crippen LogP contribution in [0, 0.1) is 10.1 Å². The first-order valence-electron chi connectivity index (χ1n) is 9.16. The van der Waals surface area contributed by atoms with Crippen molar-refractivity contribution in [2.24, 2.45) is 0 Å². The van der Waals surface area contributed by atoms with E-state index in [9.17, 15) is 14.9 Å². The lowest BCUT2D eigenvalue weighted by Gasteiger charge is -2.14. The number of thiocarbonyl (C=S) groups is 1. The molecule has 0 spiro atoms. The molecule has 0 N–H and O–H groups in total. The fourth-order valence-electron chi connectivity index (χ4n) is 3.27. The van der Waals surface area contributed by atoms with Crippen molar-refractivity contribution in [3.8, 4) is 5.75 Å². The van der Waals surface area contributed by atoms with Gasteiger partial charge in [-0.3, -0.25) is 19.8 Å². The van der Waals surface area contributed by atoms with Gasteiger partial charge in [-0.25, -0.2) is 0 Å². The van der Waals surface area contributed by atoms with Crippen molar-refractivity contribution in [1.82, 2.24) is 0 Å². The molecule has 1 heterocycles. The van der Waals surface area contributed by atoms with Crippen LogP contribution in [-0.4, -0.2) is 21.8 Å². The molecule has 6 nitrogen and oxygen atoms in total. The Labute approximate surface area is 182 Å². The molecule has 3 aromatic carbocycles. The van der Waals surface area contributed by atoms with Crippen LogP contribution >= 0.6 is 24.0 Å². The van der Waals surface area contributed by atoms with E-state index in [2.05, 4.69) is 0 Å². The van der Waals surface area contributed by atoms with Gasteiger partial charge < -0.3 is 4.74 Å². The largest absolute Gasteiger partial charge is 0.493 e. The van der Waals surface area contributed by atoms with Crippen LogP contribution in [0.2, 0.25) is 0 Å². The summed E-state index contributed by atoms with van der Waals surface area (Å²) >= 11 is 6.57. The van der Waals surface area contributed by atoms with Gasteiger partial charge in [0, 0.05) is 17.7 Å². The molecular weight excluding hydrogens is 420 g/mol. The molecule has 0 radical (unpaired) electrons. The molecule has 1 saturated heterocycles. The molecule has 30 heavy (non-hydrogen) atoms. The van der Waals surface area contributed by atoms with E-state index >= 15 is 0 Å². The minimum absolute atomic E-state index is 0.0989. The van der Waals surface area contributed by atoms with Crippen molar-refractivity contribution >= 4 is 62.4 Å². The molecule has 0 aromatic heterocycles. The lowest BCUT2D eigenvalue weighted by molar-refractivity contribution is -0.384. The number of anilines is 1. The average Bonchev–Trinajstić information content (AvgIpc) is 3.03. The Balaban J connectivity index is 1.79. The second-order valence-corrected chi connectivity index (χ2v) is 8.10. The van der Waals surface area contributed by atoms with Crippen molar-refractivity contribution < 1.29 is 14.5 Å². The number of ether oxygens (including phenoxy) is 1. The lowest BCUT2D eigenvalue weighted by Crippen LogP contribution is -2.27. The zero-order valence-electron chi connectivity index (χ0n) is 15.9. The summed E-state index contributed by atoms with van der Waals surface area (Å²) in [7, 11) is 0. The number of carbonyl (C=O) groups is 1. The number of thioether (sulfide) groups is 1. The highest BCUT2D eigenvalue weighted by atomic mass is 32.2. The van der Waals surface area contributed by atoms with Gasteiger partial charge in [-0.1, -0.05) is 60.4 Å². The van der Waals surface area contributed by atoms with Gasteiger partial charge in [-0.05, 0) is 35.9 Å².